The van der Waals surface area contributed by atoms with E-state index in [0.717, 1.165) is 24.7 Å². The molecule has 0 amide bonds. The van der Waals surface area contributed by atoms with Crippen LogP contribution in [-0.4, -0.2) is 20.2 Å². The third-order valence-corrected chi connectivity index (χ3v) is 4.91. The molecule has 0 spiro atoms. The van der Waals surface area contributed by atoms with Gasteiger partial charge in [0.05, 0.1) is 13.5 Å². The topological polar surface area (TPSA) is 17.1 Å². The van der Waals surface area contributed by atoms with Crippen molar-refractivity contribution in [3.8, 4) is 0 Å². The lowest BCUT2D eigenvalue weighted by molar-refractivity contribution is -0.113. The molecule has 1 aromatic carbocycles. The van der Waals surface area contributed by atoms with Gasteiger partial charge >= 0.3 is 0 Å². The van der Waals surface area contributed by atoms with Crippen LogP contribution >= 0.6 is 11.6 Å². The number of alkyl halides is 1. The number of allylic oxidation sites excluding steroid dienone is 1. The van der Waals surface area contributed by atoms with Gasteiger partial charge in [0.2, 0.25) is 0 Å². The van der Waals surface area contributed by atoms with Crippen LogP contribution in [0.1, 0.15) is 24.8 Å². The molecule has 1 aromatic rings. The number of rotatable bonds is 8. The maximum atomic E-state index is 11.7. The fourth-order valence-corrected chi connectivity index (χ4v) is 3.53. The average molecular weight is 309 g/mol. The lowest BCUT2D eigenvalue weighted by Crippen LogP contribution is -2.28. The molecule has 0 fully saturated rings. The number of hydrogen-bond acceptors (Lipinski definition) is 1. The van der Waals surface area contributed by atoms with E-state index in [0.29, 0.717) is 12.3 Å². The van der Waals surface area contributed by atoms with Crippen LogP contribution in [0.4, 0.5) is 0 Å². The summed E-state index contributed by atoms with van der Waals surface area (Å²) in [6, 6.07) is 10.0. The lowest BCUT2D eigenvalue weighted by atomic mass is 9.76. The number of halogens is 1. The van der Waals surface area contributed by atoms with Crippen molar-refractivity contribution in [1.29, 1.82) is 0 Å². The van der Waals surface area contributed by atoms with E-state index >= 15 is 0 Å². The van der Waals surface area contributed by atoms with Crippen LogP contribution < -0.4 is 0 Å². The molecule has 1 atom stereocenters. The zero-order chi connectivity index (χ0) is 15.1. The molecule has 1 nitrogen and oxygen atoms in total. The molecule has 0 heterocycles. The van der Waals surface area contributed by atoms with Crippen LogP contribution in [0.25, 0.3) is 0 Å². The van der Waals surface area contributed by atoms with Crippen molar-refractivity contribution >= 4 is 26.0 Å². The molecule has 1 rings (SSSR count). The molecular weight excluding hydrogens is 284 g/mol. The van der Waals surface area contributed by atoms with Gasteiger partial charge in [0, 0.05) is 5.88 Å². The highest BCUT2D eigenvalue weighted by Gasteiger charge is 2.30. The van der Waals surface area contributed by atoms with Crippen molar-refractivity contribution in [1.82, 2.24) is 0 Å². The molecule has 0 saturated heterocycles. The molecule has 0 unspecified atom stereocenters. The number of hydrogen-bond donors (Lipinski definition) is 0. The number of carbonyl (C=O) groups is 1. The summed E-state index contributed by atoms with van der Waals surface area (Å²) in [6.45, 7) is 6.94. The van der Waals surface area contributed by atoms with Crippen LogP contribution in [0, 0.1) is 0 Å². The fourth-order valence-electron chi connectivity index (χ4n) is 2.32. The first kappa shape index (κ1) is 17.2. The minimum absolute atomic E-state index is 0.438. The smallest absolute Gasteiger partial charge is 0.130 e. The summed E-state index contributed by atoms with van der Waals surface area (Å²) in [5, 5.41) is 0. The Morgan fingerprint density at radius 1 is 1.15 bits per heavy atom. The van der Waals surface area contributed by atoms with Crippen LogP contribution in [-0.2, 0) is 10.2 Å². The summed E-state index contributed by atoms with van der Waals surface area (Å²) >= 11 is 5.93. The SMILES string of the molecule is C[Si](C)(C)/C=C\CC[C@](C=O)(CCCl)c1ccccc1. The Kier molecular flexibility index (Phi) is 6.70. The Morgan fingerprint density at radius 3 is 2.30 bits per heavy atom. The lowest BCUT2D eigenvalue weighted by Gasteiger charge is -2.27. The van der Waals surface area contributed by atoms with Crippen molar-refractivity contribution in [3.63, 3.8) is 0 Å². The molecule has 0 radical (unpaired) electrons. The molecule has 0 bridgehead atoms. The highest BCUT2D eigenvalue weighted by molar-refractivity contribution is 6.80. The zero-order valence-corrected chi connectivity index (χ0v) is 14.5. The van der Waals surface area contributed by atoms with Gasteiger partial charge in [0.25, 0.3) is 0 Å². The van der Waals surface area contributed by atoms with Crippen molar-refractivity contribution in [2.45, 2.75) is 44.3 Å². The van der Waals surface area contributed by atoms with E-state index in [4.69, 9.17) is 11.6 Å². The fraction of sp³-hybridized carbons (Fsp3) is 0.471. The van der Waals surface area contributed by atoms with Gasteiger partial charge in [-0.05, 0) is 24.8 Å². The molecule has 0 aliphatic carbocycles. The Hall–Kier alpha value is -0.863. The maximum absolute atomic E-state index is 11.7. The van der Waals surface area contributed by atoms with Gasteiger partial charge in [-0.15, -0.1) is 11.6 Å². The van der Waals surface area contributed by atoms with E-state index in [1.807, 2.05) is 30.3 Å². The molecule has 0 aliphatic heterocycles. The van der Waals surface area contributed by atoms with E-state index < -0.39 is 13.5 Å². The van der Waals surface area contributed by atoms with E-state index in [1.54, 1.807) is 0 Å². The van der Waals surface area contributed by atoms with Crippen LogP contribution in [0.5, 0.6) is 0 Å². The zero-order valence-electron chi connectivity index (χ0n) is 12.7. The summed E-state index contributed by atoms with van der Waals surface area (Å²) in [5.41, 5.74) is 2.98. The molecule has 0 aliphatic rings. The van der Waals surface area contributed by atoms with Gasteiger partial charge in [-0.3, -0.25) is 0 Å². The second kappa shape index (κ2) is 7.80. The van der Waals surface area contributed by atoms with Gasteiger partial charge in [-0.1, -0.05) is 61.7 Å². The first-order valence-corrected chi connectivity index (χ1v) is 11.3. The standard InChI is InChI=1S/C17H25ClOSi/c1-20(2,3)14-8-7-11-17(15-19,12-13-18)16-9-5-4-6-10-16/h4-6,8-10,14-15H,7,11-13H2,1-3H3/b14-8-/t17-/m1/s1. The molecule has 0 saturated carbocycles. The highest BCUT2D eigenvalue weighted by Crippen LogP contribution is 2.31. The molecule has 0 aromatic heterocycles. The van der Waals surface area contributed by atoms with Gasteiger partial charge in [0.15, 0.2) is 0 Å². The van der Waals surface area contributed by atoms with Crippen LogP contribution in [0.2, 0.25) is 19.6 Å². The van der Waals surface area contributed by atoms with E-state index in [1.165, 1.54) is 0 Å². The van der Waals surface area contributed by atoms with Gasteiger partial charge < -0.3 is 4.79 Å². The first-order chi connectivity index (χ1) is 9.43. The van der Waals surface area contributed by atoms with Crippen molar-refractivity contribution in [3.05, 3.63) is 47.7 Å². The summed E-state index contributed by atoms with van der Waals surface area (Å²) < 4.78 is 0. The Morgan fingerprint density at radius 2 is 1.80 bits per heavy atom. The second-order valence-electron chi connectivity index (χ2n) is 6.39. The van der Waals surface area contributed by atoms with Crippen molar-refractivity contribution in [2.24, 2.45) is 0 Å². The predicted molar refractivity (Wildman–Crippen MR) is 91.2 cm³/mol. The Bertz CT molecular complexity index is 436. The molecular formula is C17H25ClOSi. The first-order valence-electron chi connectivity index (χ1n) is 7.19. The van der Waals surface area contributed by atoms with Crippen molar-refractivity contribution < 1.29 is 4.79 Å². The largest absolute Gasteiger partial charge is 0.302 e. The van der Waals surface area contributed by atoms with Gasteiger partial charge in [-0.25, -0.2) is 0 Å². The van der Waals surface area contributed by atoms with E-state index in [-0.39, 0.29) is 0 Å². The van der Waals surface area contributed by atoms with Crippen molar-refractivity contribution in [2.75, 3.05) is 5.88 Å². The minimum Gasteiger partial charge on any atom is -0.302 e. The molecule has 110 valence electrons. The quantitative estimate of drug-likeness (QED) is 0.376. The number of benzene rings is 1. The van der Waals surface area contributed by atoms with E-state index in [2.05, 4.69) is 31.4 Å². The Balaban J connectivity index is 2.85. The molecule has 0 N–H and O–H groups in total. The minimum atomic E-state index is -1.16. The second-order valence-corrected chi connectivity index (χ2v) is 11.8. The monoisotopic (exact) mass is 308 g/mol. The molecule has 20 heavy (non-hydrogen) atoms. The third-order valence-electron chi connectivity index (χ3n) is 3.49. The van der Waals surface area contributed by atoms with Gasteiger partial charge in [-0.2, -0.15) is 0 Å². The van der Waals surface area contributed by atoms with E-state index in [9.17, 15) is 4.79 Å². The highest BCUT2D eigenvalue weighted by atomic mass is 35.5. The Labute approximate surface area is 129 Å². The summed E-state index contributed by atoms with van der Waals surface area (Å²) in [5.74, 6) is 0.505. The summed E-state index contributed by atoms with van der Waals surface area (Å²) in [6.07, 6.45) is 5.78. The van der Waals surface area contributed by atoms with Gasteiger partial charge in [0.1, 0.15) is 6.29 Å². The maximum Gasteiger partial charge on any atom is 0.130 e. The summed E-state index contributed by atoms with van der Waals surface area (Å²) in [4.78, 5) is 11.7. The summed E-state index contributed by atoms with van der Waals surface area (Å²) in [7, 11) is -1.16. The number of carbonyl (C=O) groups excluding carboxylic acids is 1. The third kappa shape index (κ3) is 5.26. The number of aldehydes is 1. The van der Waals surface area contributed by atoms with Crippen LogP contribution in [0.15, 0.2) is 42.1 Å². The normalized spacial score (nSPS) is 15.2. The predicted octanol–water partition coefficient (Wildman–Crippen LogP) is 4.97. The average Bonchev–Trinajstić information content (AvgIpc) is 2.42. The molecule has 3 heteroatoms. The van der Waals surface area contributed by atoms with Crippen LogP contribution in [0.3, 0.4) is 0 Å².